The second kappa shape index (κ2) is 23.8. The summed E-state index contributed by atoms with van der Waals surface area (Å²) >= 11 is 0. The largest absolute Gasteiger partial charge is 0.467 e. The minimum atomic E-state index is -1.17. The molecule has 2 aromatic rings. The summed E-state index contributed by atoms with van der Waals surface area (Å²) in [7, 11) is 1.22. The van der Waals surface area contributed by atoms with Gasteiger partial charge in [0.25, 0.3) is 0 Å². The highest BCUT2D eigenvalue weighted by atomic mass is 16.6. The predicted molar refractivity (Wildman–Crippen MR) is 224 cm³/mol. The molecule has 1 aliphatic rings. The van der Waals surface area contributed by atoms with Gasteiger partial charge in [0.2, 0.25) is 23.6 Å². The predicted octanol–water partition coefficient (Wildman–Crippen LogP) is 4.15. The van der Waals surface area contributed by atoms with Crippen molar-refractivity contribution < 1.29 is 47.8 Å². The van der Waals surface area contributed by atoms with Gasteiger partial charge in [0, 0.05) is 19.5 Å². The van der Waals surface area contributed by atoms with Crippen molar-refractivity contribution in [2.24, 2.45) is 11.8 Å². The van der Waals surface area contributed by atoms with E-state index in [4.69, 9.17) is 14.2 Å². The van der Waals surface area contributed by atoms with Crippen LogP contribution in [0.3, 0.4) is 0 Å². The first kappa shape index (κ1) is 48.7. The van der Waals surface area contributed by atoms with Gasteiger partial charge < -0.3 is 45.7 Å². The Balaban J connectivity index is 1.75. The Morgan fingerprint density at radius 1 is 0.767 bits per heavy atom. The standard InChI is InChI=1S/C44H64N6O10/c1-28(2)25-34(41(55)58-8)47-37(51)32(21-15-23-45-42(56)59-27-31-19-13-10-14-20-31)46-39(53)36(29(3)4)49-38(52)35-22-16-24-50(35)40(54)33(26-30-17-11-9-12-18-30)48-43(57)60-44(5,6)7/h9-14,17-20,28-29,32-36H,15-16,21-27H2,1-8H3,(H,45,56)(H,46,53)(H,47,51)(H,48,57)(H,49,52)/t32-,33+,34-,35-,36-/m0/s1. The lowest BCUT2D eigenvalue weighted by Gasteiger charge is -2.31. The van der Waals surface area contributed by atoms with Crippen molar-refractivity contribution in [2.45, 2.75) is 129 Å². The molecule has 2 aromatic carbocycles. The number of amides is 6. The zero-order chi connectivity index (χ0) is 44.4. The number of carbonyl (C=O) groups is 7. The molecule has 330 valence electrons. The molecule has 1 fully saturated rings. The Bertz CT molecular complexity index is 1730. The fourth-order valence-corrected chi connectivity index (χ4v) is 6.69. The van der Waals surface area contributed by atoms with Gasteiger partial charge in [-0.2, -0.15) is 0 Å². The molecule has 0 bridgehead atoms. The third-order valence-corrected chi connectivity index (χ3v) is 9.65. The average Bonchev–Trinajstić information content (AvgIpc) is 3.69. The second-order valence-electron chi connectivity index (χ2n) is 16.7. The number of nitrogens with zero attached hydrogens (tertiary/aromatic N) is 1. The van der Waals surface area contributed by atoms with E-state index in [1.54, 1.807) is 34.6 Å². The average molecular weight is 837 g/mol. The van der Waals surface area contributed by atoms with Crippen LogP contribution in [-0.2, 0) is 51.2 Å². The summed E-state index contributed by atoms with van der Waals surface area (Å²) in [6, 6.07) is 13.1. The van der Waals surface area contributed by atoms with E-state index >= 15 is 0 Å². The molecular formula is C44H64N6O10. The maximum atomic E-state index is 14.1. The highest BCUT2D eigenvalue weighted by Crippen LogP contribution is 2.21. The molecule has 1 aliphatic heterocycles. The van der Waals surface area contributed by atoms with Gasteiger partial charge in [-0.05, 0) is 75.8 Å². The van der Waals surface area contributed by atoms with Gasteiger partial charge in [-0.15, -0.1) is 0 Å². The van der Waals surface area contributed by atoms with Crippen molar-refractivity contribution in [1.82, 2.24) is 31.5 Å². The smallest absolute Gasteiger partial charge is 0.408 e. The van der Waals surface area contributed by atoms with Crippen LogP contribution in [0.4, 0.5) is 9.59 Å². The molecule has 3 rings (SSSR count). The minimum Gasteiger partial charge on any atom is -0.467 e. The normalized spacial score (nSPS) is 15.8. The van der Waals surface area contributed by atoms with Crippen molar-refractivity contribution in [1.29, 1.82) is 0 Å². The van der Waals surface area contributed by atoms with Crippen LogP contribution in [0.1, 0.15) is 91.7 Å². The molecule has 0 aliphatic carbocycles. The molecule has 0 saturated carbocycles. The molecule has 1 saturated heterocycles. The zero-order valence-corrected chi connectivity index (χ0v) is 36.2. The van der Waals surface area contributed by atoms with Gasteiger partial charge in [-0.25, -0.2) is 14.4 Å². The molecule has 0 unspecified atom stereocenters. The monoisotopic (exact) mass is 836 g/mol. The van der Waals surface area contributed by atoms with Gasteiger partial charge in [0.1, 0.15) is 42.4 Å². The Labute approximate surface area is 353 Å². The summed E-state index contributed by atoms with van der Waals surface area (Å²) in [5, 5.41) is 13.6. The lowest BCUT2D eigenvalue weighted by molar-refractivity contribution is -0.146. The number of ether oxygens (including phenoxy) is 3. The van der Waals surface area contributed by atoms with E-state index in [9.17, 15) is 33.6 Å². The molecule has 0 aromatic heterocycles. The van der Waals surface area contributed by atoms with Crippen LogP contribution in [0.2, 0.25) is 0 Å². The number of esters is 1. The van der Waals surface area contributed by atoms with Crippen molar-refractivity contribution in [3.8, 4) is 0 Å². The van der Waals surface area contributed by atoms with Gasteiger partial charge in [0.15, 0.2) is 0 Å². The summed E-state index contributed by atoms with van der Waals surface area (Å²) in [5.41, 5.74) is 0.801. The molecule has 1 heterocycles. The molecule has 0 spiro atoms. The van der Waals surface area contributed by atoms with E-state index in [0.29, 0.717) is 12.8 Å². The summed E-state index contributed by atoms with van der Waals surface area (Å²) in [6.07, 6.45) is 0.158. The zero-order valence-electron chi connectivity index (χ0n) is 36.2. The lowest BCUT2D eigenvalue weighted by Crippen LogP contribution is -2.60. The van der Waals surface area contributed by atoms with Crippen LogP contribution in [0.5, 0.6) is 0 Å². The van der Waals surface area contributed by atoms with E-state index in [1.165, 1.54) is 12.0 Å². The van der Waals surface area contributed by atoms with Crippen molar-refractivity contribution in [3.05, 3.63) is 71.8 Å². The topological polar surface area (TPSA) is 211 Å². The van der Waals surface area contributed by atoms with Gasteiger partial charge in [-0.3, -0.25) is 19.2 Å². The van der Waals surface area contributed by atoms with Crippen LogP contribution < -0.4 is 26.6 Å². The van der Waals surface area contributed by atoms with E-state index in [2.05, 4.69) is 26.6 Å². The first-order valence-electron chi connectivity index (χ1n) is 20.7. The van der Waals surface area contributed by atoms with Crippen molar-refractivity contribution in [3.63, 3.8) is 0 Å². The third-order valence-electron chi connectivity index (χ3n) is 9.65. The summed E-state index contributed by atoms with van der Waals surface area (Å²) in [5.74, 6) is -3.40. The number of likely N-dealkylation sites (tertiary alicyclic amines) is 1. The maximum Gasteiger partial charge on any atom is 0.408 e. The van der Waals surface area contributed by atoms with E-state index in [0.717, 1.165) is 11.1 Å². The minimum absolute atomic E-state index is 0.0258. The fourth-order valence-electron chi connectivity index (χ4n) is 6.69. The molecule has 5 atom stereocenters. The second-order valence-corrected chi connectivity index (χ2v) is 16.7. The van der Waals surface area contributed by atoms with Crippen LogP contribution in [0.25, 0.3) is 0 Å². The highest BCUT2D eigenvalue weighted by molar-refractivity contribution is 5.96. The molecule has 16 nitrogen and oxygen atoms in total. The first-order valence-corrected chi connectivity index (χ1v) is 20.7. The number of nitrogens with one attached hydrogen (secondary N) is 5. The Morgan fingerprint density at radius 3 is 1.97 bits per heavy atom. The van der Waals surface area contributed by atoms with E-state index in [-0.39, 0.29) is 51.3 Å². The number of methoxy groups -OCH3 is 1. The molecule has 6 amide bonds. The molecule has 16 heteroatoms. The first-order chi connectivity index (χ1) is 28.4. The van der Waals surface area contributed by atoms with Crippen molar-refractivity contribution in [2.75, 3.05) is 20.2 Å². The summed E-state index contributed by atoms with van der Waals surface area (Å²) in [4.78, 5) is 95.1. The van der Waals surface area contributed by atoms with E-state index < -0.39 is 83.5 Å². The molecule has 5 N–H and O–H groups in total. The lowest BCUT2D eigenvalue weighted by atomic mass is 10.0. The highest BCUT2D eigenvalue weighted by Gasteiger charge is 2.40. The van der Waals surface area contributed by atoms with Gasteiger partial charge in [0.05, 0.1) is 7.11 Å². The molecular weight excluding hydrogens is 773 g/mol. The molecule has 60 heavy (non-hydrogen) atoms. The molecule has 0 radical (unpaired) electrons. The quantitative estimate of drug-likeness (QED) is 0.0731. The number of hydrogen-bond acceptors (Lipinski definition) is 10. The number of hydrogen-bond donors (Lipinski definition) is 5. The SMILES string of the molecule is COC(=O)[C@H](CC(C)C)NC(=O)[C@H](CCCNC(=O)OCc1ccccc1)NC(=O)[C@@H](NC(=O)[C@@H]1CCCN1C(=O)[C@@H](Cc1ccccc1)NC(=O)OC(C)(C)C)C(C)C. The summed E-state index contributed by atoms with van der Waals surface area (Å²) in [6.45, 7) is 12.8. The van der Waals surface area contributed by atoms with Gasteiger partial charge in [-0.1, -0.05) is 88.4 Å². The van der Waals surface area contributed by atoms with Crippen LogP contribution in [0.15, 0.2) is 60.7 Å². The number of carbonyl (C=O) groups excluding carboxylic acids is 7. The third kappa shape index (κ3) is 16.5. The van der Waals surface area contributed by atoms with Crippen LogP contribution >= 0.6 is 0 Å². The van der Waals surface area contributed by atoms with Crippen LogP contribution in [-0.4, -0.2) is 103 Å². The number of benzene rings is 2. The number of rotatable bonds is 20. The van der Waals surface area contributed by atoms with Crippen LogP contribution in [0, 0.1) is 11.8 Å². The van der Waals surface area contributed by atoms with Gasteiger partial charge >= 0.3 is 18.2 Å². The fraction of sp³-hybridized carbons (Fsp3) is 0.568. The Hall–Kier alpha value is -5.67. The van der Waals surface area contributed by atoms with E-state index in [1.807, 2.05) is 74.5 Å². The Kier molecular flexibility index (Phi) is 19.3. The maximum absolute atomic E-state index is 14.1. The van der Waals surface area contributed by atoms with Crippen molar-refractivity contribution >= 4 is 41.8 Å². The summed E-state index contributed by atoms with van der Waals surface area (Å²) < 4.78 is 15.6. The number of alkyl carbamates (subject to hydrolysis) is 2. The Morgan fingerprint density at radius 2 is 1.38 bits per heavy atom.